The molecule has 3 N–H and O–H groups in total. The van der Waals surface area contributed by atoms with Crippen molar-refractivity contribution in [3.63, 3.8) is 0 Å². The molecule has 0 aromatic carbocycles. The van der Waals surface area contributed by atoms with Gasteiger partial charge in [0, 0.05) is 0 Å². The average Bonchev–Trinajstić information content (AvgIpc) is 1.00. The normalized spacial score (nSPS) is 1.50. The Morgan fingerprint density at radius 3 is 1.00 bits per heavy atom. The molecule has 0 heterocycles. The summed E-state index contributed by atoms with van der Waals surface area (Å²) in [5.41, 5.74) is 0. The van der Waals surface area contributed by atoms with Gasteiger partial charge in [-0.2, -0.15) is 0 Å². The van der Waals surface area contributed by atoms with E-state index in [-0.39, 0.29) is 24.3 Å². The van der Waals surface area contributed by atoms with Gasteiger partial charge in [0.25, 0.3) is 0 Å². The quantitative estimate of drug-likeness (QED) is 0.175. The van der Waals surface area contributed by atoms with Crippen molar-refractivity contribution in [1.82, 2.24) is 0 Å². The van der Waals surface area contributed by atoms with E-state index in [0.717, 1.165) is 0 Å². The molecule has 4 heteroatoms. The van der Waals surface area contributed by atoms with Crippen LogP contribution in [0.4, 0.5) is 0 Å². The van der Waals surface area contributed by atoms with Gasteiger partial charge in [-0.25, -0.2) is 0 Å². The summed E-state index contributed by atoms with van der Waals surface area (Å²) in [5, 5.41) is 12.0. The molecule has 0 atom stereocenters. The van der Waals surface area contributed by atoms with Crippen LogP contribution in [0.25, 0.3) is 0 Å². The Labute approximate surface area is 35.7 Å². The molecule has 0 spiro atoms. The fraction of sp³-hybridized carbons (Fsp3) is 0. The number of hydrogen-bond acceptors (Lipinski definition) is 3. The van der Waals surface area contributed by atoms with E-state index in [4.69, 9.17) is 10.5 Å². The maximum atomic E-state index is 6.00. The second-order valence-corrected chi connectivity index (χ2v) is 0. The maximum absolute atomic E-state index is 6.00. The average molecular weight is 58.0 g/mol. The first-order valence-corrected chi connectivity index (χ1v) is 0.200. The zero-order valence-electron chi connectivity index (χ0n) is 2.34. The van der Waals surface area contributed by atoms with Gasteiger partial charge in [0.15, 0.2) is 0 Å². The van der Waals surface area contributed by atoms with E-state index in [1.54, 1.807) is 0 Å². The van der Waals surface area contributed by atoms with Crippen LogP contribution in [-0.2, 0) is 0 Å². The van der Waals surface area contributed by atoms with E-state index < -0.39 is 0 Å². The zero-order chi connectivity index (χ0) is 2.00. The Bertz CT molecular complexity index is 3.25. The maximum Gasteiger partial charge on any atom is 1.00 e. The number of rotatable bonds is 0. The van der Waals surface area contributed by atoms with Gasteiger partial charge in [0.2, 0.25) is 0 Å². The summed E-state index contributed by atoms with van der Waals surface area (Å²) in [6.07, 6.45) is 0. The monoisotopic (exact) mass is 58.0 g/mol. The van der Waals surface area contributed by atoms with Crippen LogP contribution in [0.2, 0.25) is 0 Å². The third-order valence-corrected chi connectivity index (χ3v) is 0. The number of hydrogen-bond donors (Lipinski definition) is 2. The molecule has 0 aromatic rings. The molecule has 0 fully saturated rings. The molecule has 0 radical (unpaired) electrons. The van der Waals surface area contributed by atoms with Gasteiger partial charge in [-0.1, -0.05) is 0 Å². The third kappa shape index (κ3) is 23.7. The first kappa shape index (κ1) is 24.8. The smallest absolute Gasteiger partial charge is 0.870 e. The van der Waals surface area contributed by atoms with Crippen LogP contribution in [0.1, 0.15) is 0 Å². The molecule has 0 amide bonds. The summed E-state index contributed by atoms with van der Waals surface area (Å²) in [4.78, 5) is 0. The Balaban J connectivity index is -0.00000000500. The molecule has 0 aliphatic heterocycles. The summed E-state index contributed by atoms with van der Waals surface area (Å²) < 4.78 is 0. The van der Waals surface area contributed by atoms with Gasteiger partial charge in [-0.15, -0.1) is 0 Å². The van der Waals surface area contributed by atoms with Crippen LogP contribution in [0.5, 0.6) is 0 Å². The molecule has 4 heavy (non-hydrogen) atoms. The Kier molecular flexibility index (Phi) is 581. The molecule has 0 bridgehead atoms. The van der Waals surface area contributed by atoms with Crippen LogP contribution < -0.4 is 18.9 Å². The van der Waals surface area contributed by atoms with Crippen LogP contribution >= 0.6 is 0 Å². The van der Waals surface area contributed by atoms with Crippen LogP contribution in [0.15, 0.2) is 0 Å². The van der Waals surface area contributed by atoms with Gasteiger partial charge in [-0.05, 0) is 0 Å². The van der Waals surface area contributed by atoms with E-state index in [9.17, 15) is 0 Å². The summed E-state index contributed by atoms with van der Waals surface area (Å²) in [6, 6.07) is 0. The second-order valence-electron chi connectivity index (χ2n) is 0. The largest absolute Gasteiger partial charge is 1.00 e. The molecule has 0 aromatic heterocycles. The summed E-state index contributed by atoms with van der Waals surface area (Å²) in [5.74, 6) is 0. The predicted molar refractivity (Wildman–Crippen MR) is 7.19 cm³/mol. The van der Waals surface area contributed by atoms with E-state index >= 15 is 0 Å². The second kappa shape index (κ2) is 93.6. The van der Waals surface area contributed by atoms with Crippen molar-refractivity contribution >= 4 is 0 Å². The Hall–Kier alpha value is 0.477. The minimum absolute atomic E-state index is 0. The van der Waals surface area contributed by atoms with Gasteiger partial charge < -0.3 is 5.48 Å². The molecular formula is H3LiO3. The first-order valence-electron chi connectivity index (χ1n) is 0.200. The van der Waals surface area contributed by atoms with Crippen molar-refractivity contribution in [3.05, 3.63) is 0 Å². The van der Waals surface area contributed by atoms with Crippen molar-refractivity contribution in [2.75, 3.05) is 0 Å². The fourth-order valence-corrected chi connectivity index (χ4v) is 0. The van der Waals surface area contributed by atoms with E-state index in [0.29, 0.717) is 0 Å². The van der Waals surface area contributed by atoms with Crippen LogP contribution in [0.3, 0.4) is 0 Å². The van der Waals surface area contributed by atoms with E-state index in [2.05, 4.69) is 0 Å². The molecule has 22 valence electrons. The zero-order valence-corrected chi connectivity index (χ0v) is 2.34. The molecule has 0 aliphatic rings. The van der Waals surface area contributed by atoms with Crippen molar-refractivity contribution in [1.29, 1.82) is 0 Å². The minimum Gasteiger partial charge on any atom is -0.870 e. The van der Waals surface area contributed by atoms with Crippen molar-refractivity contribution in [3.8, 4) is 0 Å². The standard InChI is InChI=1S/Li.H2O2.H2O/c;1-2;/h;1-2H;1H2/q+1;;/p-1. The molecule has 0 aliphatic carbocycles. The summed E-state index contributed by atoms with van der Waals surface area (Å²) >= 11 is 0. The minimum atomic E-state index is 0. The fourth-order valence-electron chi connectivity index (χ4n) is 0. The first-order chi connectivity index (χ1) is 1.00. The van der Waals surface area contributed by atoms with E-state index in [1.807, 2.05) is 0 Å². The predicted octanol–water partition coefficient (Wildman–Crippen LogP) is -3.16. The van der Waals surface area contributed by atoms with Crippen molar-refractivity contribution in [2.45, 2.75) is 0 Å². The molecule has 0 rings (SSSR count). The SMILES string of the molecule is OO.[Li+].[OH-]. The Morgan fingerprint density at radius 1 is 1.00 bits per heavy atom. The summed E-state index contributed by atoms with van der Waals surface area (Å²) in [6.45, 7) is 0. The molecule has 3 nitrogen and oxygen atoms in total. The Morgan fingerprint density at radius 2 is 1.00 bits per heavy atom. The van der Waals surface area contributed by atoms with Crippen LogP contribution in [-0.4, -0.2) is 16.0 Å². The topological polar surface area (TPSA) is 70.5 Å². The van der Waals surface area contributed by atoms with Gasteiger partial charge >= 0.3 is 18.9 Å². The van der Waals surface area contributed by atoms with E-state index in [1.165, 1.54) is 0 Å². The van der Waals surface area contributed by atoms with Gasteiger partial charge in [0.1, 0.15) is 0 Å². The molecule has 0 saturated carbocycles. The third-order valence-electron chi connectivity index (χ3n) is 0. The molecular weight excluding hydrogens is 54.9 g/mol. The molecule has 0 saturated heterocycles. The molecule has 0 unspecified atom stereocenters. The van der Waals surface area contributed by atoms with Gasteiger partial charge in [0.05, 0.1) is 0 Å². The van der Waals surface area contributed by atoms with Gasteiger partial charge in [-0.3, -0.25) is 10.5 Å². The van der Waals surface area contributed by atoms with Crippen molar-refractivity contribution in [2.24, 2.45) is 0 Å². The van der Waals surface area contributed by atoms with Crippen LogP contribution in [0, 0.1) is 0 Å². The van der Waals surface area contributed by atoms with Crippen molar-refractivity contribution < 1.29 is 34.9 Å². The summed E-state index contributed by atoms with van der Waals surface area (Å²) in [7, 11) is 0.